The second-order valence-electron chi connectivity index (χ2n) is 14.8. The number of furan rings is 1. The van der Waals surface area contributed by atoms with Crippen LogP contribution >= 0.6 is 0 Å². The molecular weight excluding hydrogens is 699 g/mol. The first-order valence-electron chi connectivity index (χ1n) is 19.2. The topological polar surface area (TPSA) is 61.2 Å². The van der Waals surface area contributed by atoms with Crippen LogP contribution < -0.4 is 0 Å². The van der Waals surface area contributed by atoms with Crippen LogP contribution in [-0.2, 0) is 0 Å². The Labute approximate surface area is 324 Å². The van der Waals surface area contributed by atoms with E-state index in [9.17, 15) is 0 Å². The third-order valence-electron chi connectivity index (χ3n) is 11.7. The SMILES string of the molecule is c1ccc(-c2nc(-c3ccc4c5ccccc5n(-c5ccc6c7cccc8c9ccccc9n(c6c5)c87)c4c3)nc(-c3cccc4c3oc3ccccc34)n2)cc1. The highest BCUT2D eigenvalue weighted by Gasteiger charge is 2.21. The fourth-order valence-corrected chi connectivity index (χ4v) is 9.21. The van der Waals surface area contributed by atoms with Crippen molar-refractivity contribution in [3.8, 4) is 39.9 Å². The van der Waals surface area contributed by atoms with Crippen molar-refractivity contribution in [3.05, 3.63) is 176 Å². The molecule has 0 aliphatic rings. The fourth-order valence-electron chi connectivity index (χ4n) is 9.21. The van der Waals surface area contributed by atoms with Gasteiger partial charge in [0, 0.05) is 59.9 Å². The van der Waals surface area contributed by atoms with Crippen molar-refractivity contribution in [2.75, 3.05) is 0 Å². The van der Waals surface area contributed by atoms with Gasteiger partial charge in [0.15, 0.2) is 17.5 Å². The lowest BCUT2D eigenvalue weighted by Crippen LogP contribution is -2.00. The predicted octanol–water partition coefficient (Wildman–Crippen LogP) is 13.0. The van der Waals surface area contributed by atoms with Crippen molar-refractivity contribution in [1.82, 2.24) is 23.9 Å². The first-order chi connectivity index (χ1) is 28.3. The van der Waals surface area contributed by atoms with E-state index in [2.05, 4.69) is 124 Å². The molecule has 0 saturated carbocycles. The highest BCUT2D eigenvalue weighted by atomic mass is 16.3. The molecule has 57 heavy (non-hydrogen) atoms. The number of nitrogens with zero attached hydrogens (tertiary/aromatic N) is 5. The van der Waals surface area contributed by atoms with Crippen molar-refractivity contribution in [2.45, 2.75) is 0 Å². The fraction of sp³-hybridized carbons (Fsp3) is 0. The van der Waals surface area contributed by atoms with Gasteiger partial charge in [-0.05, 0) is 42.5 Å². The van der Waals surface area contributed by atoms with Gasteiger partial charge >= 0.3 is 0 Å². The third-order valence-corrected chi connectivity index (χ3v) is 11.7. The van der Waals surface area contributed by atoms with Gasteiger partial charge in [0.1, 0.15) is 11.2 Å². The number of para-hydroxylation sites is 5. The van der Waals surface area contributed by atoms with Crippen LogP contribution in [0.3, 0.4) is 0 Å². The van der Waals surface area contributed by atoms with Crippen molar-refractivity contribution in [3.63, 3.8) is 0 Å². The van der Waals surface area contributed by atoms with E-state index in [0.717, 1.165) is 60.7 Å². The Morgan fingerprint density at radius 3 is 1.81 bits per heavy atom. The molecule has 6 heteroatoms. The van der Waals surface area contributed by atoms with Gasteiger partial charge in [-0.15, -0.1) is 0 Å². The minimum Gasteiger partial charge on any atom is -0.455 e. The Hall–Kier alpha value is -7.83. The molecule has 0 radical (unpaired) electrons. The number of benzene rings is 8. The maximum absolute atomic E-state index is 6.47. The summed E-state index contributed by atoms with van der Waals surface area (Å²) < 4.78 is 11.3. The molecule has 8 aromatic carbocycles. The van der Waals surface area contributed by atoms with Crippen LogP contribution in [0.15, 0.2) is 180 Å². The number of hydrogen-bond donors (Lipinski definition) is 0. The summed E-state index contributed by atoms with van der Waals surface area (Å²) in [5.41, 5.74) is 11.2. The van der Waals surface area contributed by atoms with Crippen LogP contribution in [0.25, 0.3) is 122 Å². The van der Waals surface area contributed by atoms with Crippen molar-refractivity contribution in [1.29, 1.82) is 0 Å². The molecule has 0 unspecified atom stereocenters. The van der Waals surface area contributed by atoms with Crippen LogP contribution in [-0.4, -0.2) is 23.9 Å². The highest BCUT2D eigenvalue weighted by molar-refractivity contribution is 6.23. The standard InChI is InChI=1S/C51H29N5O/c1-2-12-30(13-3-1)49-52-50(54-51(53-49)41-20-11-19-40-37-16-6-9-23-46(37)57-48(40)41)31-24-26-35-33-14-4-7-21-42(33)55(44(35)28-31)32-25-27-36-39-18-10-17-38-34-15-5-8-22-43(34)56(47(38)39)45(36)29-32/h1-29H. The Morgan fingerprint density at radius 1 is 0.368 bits per heavy atom. The first kappa shape index (κ1) is 30.5. The van der Waals surface area contributed by atoms with E-state index in [4.69, 9.17) is 19.4 Å². The normalized spacial score (nSPS) is 12.2. The molecule has 13 aromatic rings. The number of hydrogen-bond acceptors (Lipinski definition) is 4. The maximum Gasteiger partial charge on any atom is 0.167 e. The molecule has 13 rings (SSSR count). The molecule has 0 saturated heterocycles. The zero-order valence-electron chi connectivity index (χ0n) is 30.4. The van der Waals surface area contributed by atoms with Gasteiger partial charge in [0.2, 0.25) is 0 Å². The largest absolute Gasteiger partial charge is 0.455 e. The summed E-state index contributed by atoms with van der Waals surface area (Å²) in [5, 5.41) is 9.52. The maximum atomic E-state index is 6.47. The van der Waals surface area contributed by atoms with Gasteiger partial charge in [-0.1, -0.05) is 133 Å². The molecule has 0 fully saturated rings. The average molecular weight is 728 g/mol. The predicted molar refractivity (Wildman–Crippen MR) is 232 cm³/mol. The van der Waals surface area contributed by atoms with Crippen molar-refractivity contribution >= 4 is 81.8 Å². The quantitative estimate of drug-likeness (QED) is 0.181. The number of rotatable bonds is 4. The molecule has 0 spiro atoms. The molecule has 0 aliphatic carbocycles. The van der Waals surface area contributed by atoms with E-state index < -0.39 is 0 Å². The summed E-state index contributed by atoms with van der Waals surface area (Å²) in [6.45, 7) is 0. The summed E-state index contributed by atoms with van der Waals surface area (Å²) in [6.07, 6.45) is 0. The smallest absolute Gasteiger partial charge is 0.167 e. The van der Waals surface area contributed by atoms with Gasteiger partial charge in [0.05, 0.1) is 33.1 Å². The van der Waals surface area contributed by atoms with Gasteiger partial charge in [-0.3, -0.25) is 0 Å². The van der Waals surface area contributed by atoms with Crippen molar-refractivity contribution in [2.24, 2.45) is 0 Å². The number of fused-ring (bicyclic) bond motifs is 12. The van der Waals surface area contributed by atoms with Crippen LogP contribution in [0, 0.1) is 0 Å². The lowest BCUT2D eigenvalue weighted by atomic mass is 10.1. The second kappa shape index (κ2) is 11.4. The summed E-state index contributed by atoms with van der Waals surface area (Å²) >= 11 is 0. The van der Waals surface area contributed by atoms with Crippen LogP contribution in [0.2, 0.25) is 0 Å². The Balaban J connectivity index is 1.06. The molecule has 0 N–H and O–H groups in total. The molecule has 6 nitrogen and oxygen atoms in total. The first-order valence-corrected chi connectivity index (χ1v) is 19.2. The molecule has 0 aliphatic heterocycles. The minimum absolute atomic E-state index is 0.563. The Morgan fingerprint density at radius 2 is 0.965 bits per heavy atom. The van der Waals surface area contributed by atoms with Gasteiger partial charge in [-0.2, -0.15) is 0 Å². The van der Waals surface area contributed by atoms with E-state index in [-0.39, 0.29) is 0 Å². The molecular formula is C51H29N5O. The summed E-state index contributed by atoms with van der Waals surface area (Å²) in [5.74, 6) is 1.76. The van der Waals surface area contributed by atoms with Crippen LogP contribution in [0.5, 0.6) is 0 Å². The highest BCUT2D eigenvalue weighted by Crippen LogP contribution is 2.42. The zero-order chi connectivity index (χ0) is 37.2. The lowest BCUT2D eigenvalue weighted by molar-refractivity contribution is 0.669. The van der Waals surface area contributed by atoms with E-state index in [1.807, 2.05) is 60.7 Å². The van der Waals surface area contributed by atoms with Gasteiger partial charge in [-0.25, -0.2) is 15.0 Å². The van der Waals surface area contributed by atoms with Crippen LogP contribution in [0.1, 0.15) is 0 Å². The Bertz CT molecular complexity index is 3760. The van der Waals surface area contributed by atoms with E-state index >= 15 is 0 Å². The van der Waals surface area contributed by atoms with E-state index in [0.29, 0.717) is 17.5 Å². The van der Waals surface area contributed by atoms with Gasteiger partial charge < -0.3 is 13.4 Å². The minimum atomic E-state index is 0.563. The third kappa shape index (κ3) is 4.26. The lowest BCUT2D eigenvalue weighted by Gasteiger charge is -2.11. The van der Waals surface area contributed by atoms with Crippen LogP contribution in [0.4, 0.5) is 0 Å². The molecule has 264 valence electrons. The van der Waals surface area contributed by atoms with Gasteiger partial charge in [0.25, 0.3) is 0 Å². The summed E-state index contributed by atoms with van der Waals surface area (Å²) in [6, 6.07) is 61.9. The summed E-state index contributed by atoms with van der Waals surface area (Å²) in [4.78, 5) is 15.4. The molecule has 5 heterocycles. The van der Waals surface area contributed by atoms with Crippen molar-refractivity contribution < 1.29 is 4.42 Å². The van der Waals surface area contributed by atoms with E-state index in [1.165, 1.54) is 43.5 Å². The number of aromatic nitrogens is 5. The molecule has 0 atom stereocenters. The van der Waals surface area contributed by atoms with E-state index in [1.54, 1.807) is 0 Å². The molecule has 5 aromatic heterocycles. The summed E-state index contributed by atoms with van der Waals surface area (Å²) in [7, 11) is 0. The molecule has 0 amide bonds. The zero-order valence-corrected chi connectivity index (χ0v) is 30.4. The molecule has 0 bridgehead atoms. The average Bonchev–Trinajstić information content (AvgIpc) is 4.02. The monoisotopic (exact) mass is 727 g/mol. The second-order valence-corrected chi connectivity index (χ2v) is 14.8. The Kier molecular flexibility index (Phi) is 6.07.